The zero-order valence-corrected chi connectivity index (χ0v) is 9.80. The first-order chi connectivity index (χ1) is 7.38. The van der Waals surface area contributed by atoms with E-state index in [1.54, 1.807) is 12.3 Å². The van der Waals surface area contributed by atoms with Gasteiger partial charge < -0.3 is 10.5 Å². The zero-order chi connectivity index (χ0) is 12.2. The highest BCUT2D eigenvalue weighted by Gasteiger charge is 2.22. The van der Waals surface area contributed by atoms with Crippen LogP contribution in [-0.4, -0.2) is 27.6 Å². The summed E-state index contributed by atoms with van der Waals surface area (Å²) in [6, 6.07) is 1.04. The number of hydrogen-bond acceptors (Lipinski definition) is 5. The molecular formula is C11H17N3O2. The molecule has 1 aromatic heterocycles. The topological polar surface area (TPSA) is 78.1 Å². The number of carbonyl (C=O) groups excluding carboxylic acids is 1. The molecule has 2 N–H and O–H groups in total. The lowest BCUT2D eigenvalue weighted by Crippen LogP contribution is -2.39. The van der Waals surface area contributed by atoms with Gasteiger partial charge in [-0.15, -0.1) is 0 Å². The molecule has 5 heteroatoms. The lowest BCUT2D eigenvalue weighted by atomic mass is 10.1. The summed E-state index contributed by atoms with van der Waals surface area (Å²) < 4.78 is 5.16. The summed E-state index contributed by atoms with van der Waals surface area (Å²) in [6.45, 7) is 5.42. The fourth-order valence-electron chi connectivity index (χ4n) is 1.12. The SMILES string of the molecule is CC(C)(C)OC(=O)[C@H](N)Cc1ccncn1. The van der Waals surface area contributed by atoms with Crippen LogP contribution in [0.5, 0.6) is 0 Å². The van der Waals surface area contributed by atoms with Gasteiger partial charge in [-0.05, 0) is 26.8 Å². The van der Waals surface area contributed by atoms with Crippen LogP contribution in [0.25, 0.3) is 0 Å². The number of nitrogens with zero attached hydrogens (tertiary/aromatic N) is 2. The van der Waals surface area contributed by atoms with Crippen molar-refractivity contribution in [2.45, 2.75) is 38.8 Å². The lowest BCUT2D eigenvalue weighted by Gasteiger charge is -2.21. The second-order valence-electron chi connectivity index (χ2n) is 4.54. The maximum absolute atomic E-state index is 11.6. The van der Waals surface area contributed by atoms with Crippen molar-refractivity contribution >= 4 is 5.97 Å². The van der Waals surface area contributed by atoms with E-state index in [9.17, 15) is 4.79 Å². The van der Waals surface area contributed by atoms with Crippen molar-refractivity contribution in [2.24, 2.45) is 5.73 Å². The molecule has 0 radical (unpaired) electrons. The van der Waals surface area contributed by atoms with E-state index in [-0.39, 0.29) is 0 Å². The molecule has 0 aliphatic heterocycles. The summed E-state index contributed by atoms with van der Waals surface area (Å²) >= 11 is 0. The van der Waals surface area contributed by atoms with Crippen LogP contribution in [0.1, 0.15) is 26.5 Å². The molecule has 0 spiro atoms. The third kappa shape index (κ3) is 4.35. The van der Waals surface area contributed by atoms with E-state index >= 15 is 0 Å². The van der Waals surface area contributed by atoms with Crippen LogP contribution in [0.3, 0.4) is 0 Å². The van der Waals surface area contributed by atoms with Crippen LogP contribution in [0.2, 0.25) is 0 Å². The Kier molecular flexibility index (Phi) is 3.95. The summed E-state index contributed by atoms with van der Waals surface area (Å²) in [5.74, 6) is -0.411. The first-order valence-corrected chi connectivity index (χ1v) is 5.12. The Morgan fingerprint density at radius 3 is 2.75 bits per heavy atom. The molecule has 1 atom stereocenters. The van der Waals surface area contributed by atoms with Crippen LogP contribution in [0, 0.1) is 0 Å². The number of carbonyl (C=O) groups is 1. The van der Waals surface area contributed by atoms with Gasteiger partial charge in [-0.1, -0.05) is 0 Å². The second-order valence-corrected chi connectivity index (χ2v) is 4.54. The molecule has 0 amide bonds. The second kappa shape index (κ2) is 5.03. The van der Waals surface area contributed by atoms with Gasteiger partial charge >= 0.3 is 5.97 Å². The summed E-state index contributed by atoms with van der Waals surface area (Å²) in [6.07, 6.45) is 3.40. The maximum atomic E-state index is 11.6. The van der Waals surface area contributed by atoms with Crippen LogP contribution in [-0.2, 0) is 16.0 Å². The zero-order valence-electron chi connectivity index (χ0n) is 9.80. The molecule has 5 nitrogen and oxygen atoms in total. The van der Waals surface area contributed by atoms with E-state index in [0.29, 0.717) is 6.42 Å². The standard InChI is InChI=1S/C11H17N3O2/c1-11(2,3)16-10(15)9(12)6-8-4-5-13-7-14-8/h4-5,7,9H,6,12H2,1-3H3/t9-/m1/s1. The van der Waals surface area contributed by atoms with Crippen molar-refractivity contribution in [3.63, 3.8) is 0 Å². The largest absolute Gasteiger partial charge is 0.459 e. The fourth-order valence-corrected chi connectivity index (χ4v) is 1.12. The Hall–Kier alpha value is -1.49. The van der Waals surface area contributed by atoms with E-state index in [2.05, 4.69) is 9.97 Å². The van der Waals surface area contributed by atoms with Gasteiger partial charge in [0, 0.05) is 18.3 Å². The van der Waals surface area contributed by atoms with Gasteiger partial charge in [0.1, 0.15) is 18.0 Å². The van der Waals surface area contributed by atoms with E-state index in [1.807, 2.05) is 20.8 Å². The quantitative estimate of drug-likeness (QED) is 0.763. The number of hydrogen-bond donors (Lipinski definition) is 1. The number of rotatable bonds is 3. The molecule has 0 unspecified atom stereocenters. The van der Waals surface area contributed by atoms with Crippen molar-refractivity contribution in [1.82, 2.24) is 9.97 Å². The van der Waals surface area contributed by atoms with E-state index in [4.69, 9.17) is 10.5 Å². The molecule has 1 heterocycles. The predicted molar refractivity (Wildman–Crippen MR) is 59.6 cm³/mol. The van der Waals surface area contributed by atoms with Gasteiger partial charge in [0.2, 0.25) is 0 Å². The molecule has 0 saturated heterocycles. The van der Waals surface area contributed by atoms with Crippen molar-refractivity contribution in [3.05, 3.63) is 24.3 Å². The van der Waals surface area contributed by atoms with Crippen molar-refractivity contribution < 1.29 is 9.53 Å². The highest BCUT2D eigenvalue weighted by atomic mass is 16.6. The monoisotopic (exact) mass is 223 g/mol. The summed E-state index contributed by atoms with van der Waals surface area (Å²) in [4.78, 5) is 19.4. The summed E-state index contributed by atoms with van der Waals surface area (Å²) in [7, 11) is 0. The van der Waals surface area contributed by atoms with E-state index in [1.165, 1.54) is 6.33 Å². The molecule has 88 valence electrons. The molecule has 0 aliphatic carbocycles. The highest BCUT2D eigenvalue weighted by Crippen LogP contribution is 2.09. The van der Waals surface area contributed by atoms with Gasteiger partial charge in [0.05, 0.1) is 0 Å². The number of esters is 1. The van der Waals surface area contributed by atoms with Crippen LogP contribution >= 0.6 is 0 Å². The fraction of sp³-hybridized carbons (Fsp3) is 0.545. The average molecular weight is 223 g/mol. The van der Waals surface area contributed by atoms with Crippen molar-refractivity contribution in [2.75, 3.05) is 0 Å². The Bertz CT molecular complexity index is 346. The Morgan fingerprint density at radius 2 is 2.25 bits per heavy atom. The highest BCUT2D eigenvalue weighted by molar-refractivity contribution is 5.76. The smallest absolute Gasteiger partial charge is 0.323 e. The Morgan fingerprint density at radius 1 is 1.56 bits per heavy atom. The van der Waals surface area contributed by atoms with Crippen LogP contribution < -0.4 is 5.73 Å². The summed E-state index contributed by atoms with van der Waals surface area (Å²) in [5, 5.41) is 0. The molecule has 1 rings (SSSR count). The van der Waals surface area contributed by atoms with Crippen LogP contribution in [0.4, 0.5) is 0 Å². The molecule has 0 bridgehead atoms. The maximum Gasteiger partial charge on any atom is 0.323 e. The molecule has 0 saturated carbocycles. The van der Waals surface area contributed by atoms with Gasteiger partial charge in [-0.2, -0.15) is 0 Å². The number of aromatic nitrogens is 2. The minimum Gasteiger partial charge on any atom is -0.459 e. The van der Waals surface area contributed by atoms with E-state index in [0.717, 1.165) is 5.69 Å². The van der Waals surface area contributed by atoms with Gasteiger partial charge in [-0.3, -0.25) is 4.79 Å². The number of nitrogens with two attached hydrogens (primary N) is 1. The molecular weight excluding hydrogens is 206 g/mol. The number of ether oxygens (including phenoxy) is 1. The van der Waals surface area contributed by atoms with Crippen molar-refractivity contribution in [3.8, 4) is 0 Å². The normalized spacial score (nSPS) is 13.2. The van der Waals surface area contributed by atoms with Gasteiger partial charge in [0.25, 0.3) is 0 Å². The molecule has 1 aromatic rings. The first kappa shape index (κ1) is 12.6. The summed E-state index contributed by atoms with van der Waals surface area (Å²) in [5.41, 5.74) is 5.94. The van der Waals surface area contributed by atoms with E-state index < -0.39 is 17.6 Å². The van der Waals surface area contributed by atoms with Gasteiger partial charge in [0.15, 0.2) is 0 Å². The van der Waals surface area contributed by atoms with Crippen molar-refractivity contribution in [1.29, 1.82) is 0 Å². The van der Waals surface area contributed by atoms with Crippen LogP contribution in [0.15, 0.2) is 18.6 Å². The molecule has 0 aromatic carbocycles. The minimum atomic E-state index is -0.686. The third-order valence-corrected chi connectivity index (χ3v) is 1.78. The molecule has 16 heavy (non-hydrogen) atoms. The Balaban J connectivity index is 2.53. The molecule has 0 aliphatic rings. The third-order valence-electron chi connectivity index (χ3n) is 1.78. The minimum absolute atomic E-state index is 0.359. The first-order valence-electron chi connectivity index (χ1n) is 5.12. The Labute approximate surface area is 95.0 Å². The van der Waals surface area contributed by atoms with Gasteiger partial charge in [-0.25, -0.2) is 9.97 Å². The average Bonchev–Trinajstić information content (AvgIpc) is 2.16. The lowest BCUT2D eigenvalue weighted by molar-refractivity contribution is -0.156. The molecule has 0 fully saturated rings. The predicted octanol–water partition coefficient (Wildman–Crippen LogP) is 0.688.